The Morgan fingerprint density at radius 2 is 2.15 bits per heavy atom. The Morgan fingerprint density at radius 1 is 1.46 bits per heavy atom. The van der Waals surface area contributed by atoms with Gasteiger partial charge in [-0.2, -0.15) is 0 Å². The van der Waals surface area contributed by atoms with Crippen molar-refractivity contribution in [2.45, 2.75) is 19.3 Å². The summed E-state index contributed by atoms with van der Waals surface area (Å²) in [4.78, 5) is 4.20. The van der Waals surface area contributed by atoms with Crippen LogP contribution in [0, 0.1) is 0 Å². The molecular formula is C9H12Cl2N2. The minimum Gasteiger partial charge on any atom is -0.369 e. The van der Waals surface area contributed by atoms with E-state index in [-0.39, 0.29) is 17.8 Å². The molecule has 0 aromatic carbocycles. The Bertz CT molecular complexity index is 323. The highest BCUT2D eigenvalue weighted by Crippen LogP contribution is 2.35. The summed E-state index contributed by atoms with van der Waals surface area (Å²) in [5.41, 5.74) is 1.44. The molecule has 1 aromatic rings. The van der Waals surface area contributed by atoms with Crippen LogP contribution in [0.3, 0.4) is 0 Å². The van der Waals surface area contributed by atoms with Gasteiger partial charge in [0.05, 0.1) is 0 Å². The molecule has 4 heteroatoms. The molecule has 0 amide bonds. The van der Waals surface area contributed by atoms with Crippen molar-refractivity contribution in [3.63, 3.8) is 0 Å². The van der Waals surface area contributed by atoms with Gasteiger partial charge in [0.25, 0.3) is 0 Å². The average molecular weight is 219 g/mol. The Kier molecular flexibility index (Phi) is 2.74. The fourth-order valence-corrected chi connectivity index (χ4v) is 1.66. The molecule has 0 spiro atoms. The van der Waals surface area contributed by atoms with Gasteiger partial charge in [-0.25, -0.2) is 4.98 Å². The molecule has 0 atom stereocenters. The highest BCUT2D eigenvalue weighted by atomic mass is 35.5. The molecule has 0 fully saturated rings. The predicted molar refractivity (Wildman–Crippen MR) is 58.0 cm³/mol. The summed E-state index contributed by atoms with van der Waals surface area (Å²) in [6, 6.07) is 3.89. The molecule has 0 saturated carbocycles. The molecule has 2 heterocycles. The van der Waals surface area contributed by atoms with Crippen LogP contribution in [0.2, 0.25) is 5.15 Å². The highest BCUT2D eigenvalue weighted by Gasteiger charge is 2.30. The summed E-state index contributed by atoms with van der Waals surface area (Å²) in [7, 11) is 0. The van der Waals surface area contributed by atoms with Crippen LogP contribution in [-0.4, -0.2) is 11.5 Å². The SMILES string of the molecule is CC1(C)CNc2nc(Cl)ccc21.Cl. The Balaban J connectivity index is 0.000000845. The van der Waals surface area contributed by atoms with Crippen LogP contribution >= 0.6 is 24.0 Å². The van der Waals surface area contributed by atoms with E-state index in [0.717, 1.165) is 12.4 Å². The van der Waals surface area contributed by atoms with Crippen molar-refractivity contribution in [1.29, 1.82) is 0 Å². The topological polar surface area (TPSA) is 24.9 Å². The summed E-state index contributed by atoms with van der Waals surface area (Å²) < 4.78 is 0. The van der Waals surface area contributed by atoms with Gasteiger partial charge in [-0.3, -0.25) is 0 Å². The third kappa shape index (κ3) is 1.74. The van der Waals surface area contributed by atoms with Gasteiger partial charge < -0.3 is 5.32 Å². The van der Waals surface area contributed by atoms with E-state index in [1.807, 2.05) is 12.1 Å². The summed E-state index contributed by atoms with van der Waals surface area (Å²) in [6.45, 7) is 5.33. The number of hydrogen-bond acceptors (Lipinski definition) is 2. The van der Waals surface area contributed by atoms with Crippen molar-refractivity contribution < 1.29 is 0 Å². The number of nitrogens with zero attached hydrogens (tertiary/aromatic N) is 1. The molecule has 13 heavy (non-hydrogen) atoms. The third-order valence-electron chi connectivity index (χ3n) is 2.29. The first-order chi connectivity index (χ1) is 5.59. The first kappa shape index (κ1) is 10.6. The van der Waals surface area contributed by atoms with Crippen molar-refractivity contribution in [3.8, 4) is 0 Å². The van der Waals surface area contributed by atoms with Crippen molar-refractivity contribution in [1.82, 2.24) is 4.98 Å². The first-order valence-electron chi connectivity index (χ1n) is 4.00. The Labute approximate surface area is 89.1 Å². The lowest BCUT2D eigenvalue weighted by Crippen LogP contribution is -2.18. The maximum atomic E-state index is 5.77. The van der Waals surface area contributed by atoms with Gasteiger partial charge in [0.2, 0.25) is 0 Å². The molecule has 0 unspecified atom stereocenters. The standard InChI is InChI=1S/C9H11ClN2.ClH/c1-9(2)5-11-8-6(9)3-4-7(10)12-8;/h3-4H,5H2,1-2H3,(H,11,12);1H. The minimum atomic E-state index is 0. The smallest absolute Gasteiger partial charge is 0.131 e. The lowest BCUT2D eigenvalue weighted by molar-refractivity contribution is 0.586. The van der Waals surface area contributed by atoms with E-state index in [9.17, 15) is 0 Å². The second-order valence-electron chi connectivity index (χ2n) is 3.77. The number of fused-ring (bicyclic) bond motifs is 1. The second-order valence-corrected chi connectivity index (χ2v) is 4.15. The molecule has 1 N–H and O–H groups in total. The summed E-state index contributed by atoms with van der Waals surface area (Å²) >= 11 is 5.77. The number of nitrogens with one attached hydrogen (secondary N) is 1. The molecule has 0 bridgehead atoms. The van der Waals surface area contributed by atoms with E-state index >= 15 is 0 Å². The molecule has 2 nitrogen and oxygen atoms in total. The summed E-state index contributed by atoms with van der Waals surface area (Å²) in [6.07, 6.45) is 0. The van der Waals surface area contributed by atoms with E-state index in [1.54, 1.807) is 0 Å². The third-order valence-corrected chi connectivity index (χ3v) is 2.50. The van der Waals surface area contributed by atoms with Crippen LogP contribution < -0.4 is 5.32 Å². The zero-order chi connectivity index (χ0) is 8.77. The van der Waals surface area contributed by atoms with E-state index in [2.05, 4.69) is 24.1 Å². The predicted octanol–water partition coefficient (Wildman–Crippen LogP) is 2.86. The van der Waals surface area contributed by atoms with Crippen molar-refractivity contribution >= 4 is 29.8 Å². The van der Waals surface area contributed by atoms with Crippen LogP contribution in [0.5, 0.6) is 0 Å². The molecule has 0 aliphatic carbocycles. The van der Waals surface area contributed by atoms with Gasteiger partial charge in [0.1, 0.15) is 11.0 Å². The maximum absolute atomic E-state index is 5.77. The van der Waals surface area contributed by atoms with Crippen LogP contribution in [0.15, 0.2) is 12.1 Å². The molecule has 0 radical (unpaired) electrons. The fourth-order valence-electron chi connectivity index (χ4n) is 1.52. The number of rotatable bonds is 0. The minimum absolute atomic E-state index is 0. The number of hydrogen-bond donors (Lipinski definition) is 1. The van der Waals surface area contributed by atoms with Gasteiger partial charge in [0.15, 0.2) is 0 Å². The Morgan fingerprint density at radius 3 is 2.85 bits per heavy atom. The molecular weight excluding hydrogens is 207 g/mol. The quantitative estimate of drug-likeness (QED) is 0.678. The van der Waals surface area contributed by atoms with Gasteiger partial charge in [-0.15, -0.1) is 12.4 Å². The van der Waals surface area contributed by atoms with Gasteiger partial charge in [-0.1, -0.05) is 31.5 Å². The zero-order valence-corrected chi connectivity index (χ0v) is 9.17. The van der Waals surface area contributed by atoms with Gasteiger partial charge in [0, 0.05) is 17.5 Å². The average Bonchev–Trinajstić information content (AvgIpc) is 2.27. The Hall–Kier alpha value is -0.470. The number of pyridine rings is 1. The highest BCUT2D eigenvalue weighted by molar-refractivity contribution is 6.29. The molecule has 1 aromatic heterocycles. The second kappa shape index (κ2) is 3.35. The summed E-state index contributed by atoms with van der Waals surface area (Å²) in [5.74, 6) is 0.938. The van der Waals surface area contributed by atoms with E-state index in [4.69, 9.17) is 11.6 Å². The molecule has 1 aliphatic rings. The maximum Gasteiger partial charge on any atom is 0.131 e. The van der Waals surface area contributed by atoms with E-state index in [0.29, 0.717) is 5.15 Å². The normalized spacial score (nSPS) is 17.2. The lowest BCUT2D eigenvalue weighted by atomic mass is 9.88. The van der Waals surface area contributed by atoms with Crippen LogP contribution in [-0.2, 0) is 5.41 Å². The van der Waals surface area contributed by atoms with Crippen LogP contribution in [0.4, 0.5) is 5.82 Å². The van der Waals surface area contributed by atoms with E-state index in [1.165, 1.54) is 5.56 Å². The van der Waals surface area contributed by atoms with E-state index < -0.39 is 0 Å². The molecule has 72 valence electrons. The monoisotopic (exact) mass is 218 g/mol. The molecule has 0 saturated heterocycles. The van der Waals surface area contributed by atoms with Crippen LogP contribution in [0.1, 0.15) is 19.4 Å². The summed E-state index contributed by atoms with van der Waals surface area (Å²) in [5, 5.41) is 3.79. The largest absolute Gasteiger partial charge is 0.369 e. The van der Waals surface area contributed by atoms with Gasteiger partial charge in [-0.05, 0) is 6.07 Å². The molecule has 1 aliphatic heterocycles. The van der Waals surface area contributed by atoms with Gasteiger partial charge >= 0.3 is 0 Å². The van der Waals surface area contributed by atoms with Crippen molar-refractivity contribution in [3.05, 3.63) is 22.8 Å². The molecule has 2 rings (SSSR count). The first-order valence-corrected chi connectivity index (χ1v) is 4.38. The lowest BCUT2D eigenvalue weighted by Gasteiger charge is -2.15. The number of aromatic nitrogens is 1. The zero-order valence-electron chi connectivity index (χ0n) is 7.60. The van der Waals surface area contributed by atoms with Crippen molar-refractivity contribution in [2.24, 2.45) is 0 Å². The number of anilines is 1. The number of halogens is 2. The van der Waals surface area contributed by atoms with Crippen molar-refractivity contribution in [2.75, 3.05) is 11.9 Å². The fraction of sp³-hybridized carbons (Fsp3) is 0.444. The van der Waals surface area contributed by atoms with Crippen LogP contribution in [0.25, 0.3) is 0 Å².